The second kappa shape index (κ2) is 14.0. The van der Waals surface area contributed by atoms with Crippen LogP contribution >= 0.6 is 11.6 Å². The van der Waals surface area contributed by atoms with E-state index in [0.29, 0.717) is 17.5 Å². The SMILES string of the molecule is C.Cc1cccc2c1nc(COc1ccc(Cl)cc1)n2CCC(C)CNCCCN1CCCCC1C. The first-order valence-corrected chi connectivity index (χ1v) is 13.7. The van der Waals surface area contributed by atoms with Crippen molar-refractivity contribution in [2.45, 2.75) is 79.5 Å². The highest BCUT2D eigenvalue weighted by Gasteiger charge is 2.17. The normalized spacial score (nSPS) is 17.2. The number of piperidine rings is 1. The van der Waals surface area contributed by atoms with Crippen LogP contribution in [0.5, 0.6) is 5.75 Å². The van der Waals surface area contributed by atoms with Gasteiger partial charge in [0.2, 0.25) is 0 Å². The van der Waals surface area contributed by atoms with Crippen LogP contribution < -0.4 is 10.1 Å². The Morgan fingerprint density at radius 1 is 1.14 bits per heavy atom. The maximum atomic E-state index is 6.05. The zero-order valence-electron chi connectivity index (χ0n) is 21.6. The topological polar surface area (TPSA) is 42.3 Å². The van der Waals surface area contributed by atoms with Crippen LogP contribution in [0.25, 0.3) is 11.0 Å². The molecule has 1 aromatic heterocycles. The number of fused-ring (bicyclic) bond motifs is 1. The highest BCUT2D eigenvalue weighted by atomic mass is 35.5. The van der Waals surface area contributed by atoms with E-state index in [1.54, 1.807) is 0 Å². The van der Waals surface area contributed by atoms with Crippen LogP contribution in [-0.4, -0.2) is 46.7 Å². The van der Waals surface area contributed by atoms with E-state index in [9.17, 15) is 0 Å². The number of nitrogens with zero attached hydrogens (tertiary/aromatic N) is 3. The first-order chi connectivity index (χ1) is 17.0. The standard InChI is InChI=1S/C29H41ClN4O.CH4/c1-22(20-31-16-7-18-33-17-5-4-9-24(33)3)15-19-34-27-10-6-8-23(2)29(27)32-28(34)21-35-26-13-11-25(30)12-14-26;/h6,8,10-14,22,24,31H,4-5,7,9,15-21H2,1-3H3;1H4. The Kier molecular flexibility index (Phi) is 11.1. The number of hydrogen-bond donors (Lipinski definition) is 1. The van der Waals surface area contributed by atoms with Gasteiger partial charge in [0.25, 0.3) is 0 Å². The third-order valence-corrected chi connectivity index (χ3v) is 7.57. The largest absolute Gasteiger partial charge is 0.486 e. The number of aryl methyl sites for hydroxylation is 2. The smallest absolute Gasteiger partial charge is 0.148 e. The molecule has 0 aliphatic carbocycles. The van der Waals surface area contributed by atoms with Crippen molar-refractivity contribution in [1.82, 2.24) is 19.8 Å². The van der Waals surface area contributed by atoms with Crippen LogP contribution in [-0.2, 0) is 13.2 Å². The van der Waals surface area contributed by atoms with Gasteiger partial charge < -0.3 is 19.5 Å². The van der Waals surface area contributed by atoms with E-state index in [1.807, 2.05) is 24.3 Å². The summed E-state index contributed by atoms with van der Waals surface area (Å²) in [6, 6.07) is 14.7. The maximum absolute atomic E-state index is 6.05. The fourth-order valence-electron chi connectivity index (χ4n) is 5.07. The second-order valence-electron chi connectivity index (χ2n) is 10.2. The van der Waals surface area contributed by atoms with Crippen LogP contribution in [0.1, 0.15) is 64.8 Å². The lowest BCUT2D eigenvalue weighted by Crippen LogP contribution is -2.39. The number of rotatable bonds is 12. The first kappa shape index (κ1) is 28.5. The van der Waals surface area contributed by atoms with E-state index in [2.05, 4.69) is 53.8 Å². The average molecular weight is 513 g/mol. The molecular formula is C30H45ClN4O. The number of nitrogens with one attached hydrogen (secondary N) is 1. The van der Waals surface area contributed by atoms with Gasteiger partial charge in [-0.3, -0.25) is 0 Å². The van der Waals surface area contributed by atoms with Gasteiger partial charge in [0.1, 0.15) is 18.2 Å². The minimum atomic E-state index is 0. The highest BCUT2D eigenvalue weighted by Crippen LogP contribution is 2.23. The molecule has 6 heteroatoms. The minimum absolute atomic E-state index is 0. The predicted octanol–water partition coefficient (Wildman–Crippen LogP) is 7.09. The van der Waals surface area contributed by atoms with Gasteiger partial charge in [-0.05, 0) is 108 Å². The molecule has 3 aromatic rings. The molecule has 0 radical (unpaired) electrons. The molecule has 1 N–H and O–H groups in total. The van der Waals surface area contributed by atoms with Crippen molar-refractivity contribution >= 4 is 22.6 Å². The molecule has 1 aliphatic heterocycles. The minimum Gasteiger partial charge on any atom is -0.486 e. The number of aromatic nitrogens is 2. The summed E-state index contributed by atoms with van der Waals surface area (Å²) in [5, 5.41) is 4.41. The molecule has 0 spiro atoms. The van der Waals surface area contributed by atoms with E-state index in [4.69, 9.17) is 21.3 Å². The van der Waals surface area contributed by atoms with Gasteiger partial charge in [-0.1, -0.05) is 44.5 Å². The second-order valence-corrected chi connectivity index (χ2v) is 10.6. The van der Waals surface area contributed by atoms with Crippen LogP contribution in [0.3, 0.4) is 0 Å². The molecule has 0 bridgehead atoms. The van der Waals surface area contributed by atoms with Gasteiger partial charge in [0.05, 0.1) is 11.0 Å². The third-order valence-electron chi connectivity index (χ3n) is 7.32. The van der Waals surface area contributed by atoms with E-state index < -0.39 is 0 Å². The Morgan fingerprint density at radius 2 is 1.94 bits per heavy atom. The molecule has 1 aliphatic rings. The molecule has 5 nitrogen and oxygen atoms in total. The molecule has 0 amide bonds. The summed E-state index contributed by atoms with van der Waals surface area (Å²) in [4.78, 5) is 7.61. The predicted molar refractivity (Wildman–Crippen MR) is 153 cm³/mol. The summed E-state index contributed by atoms with van der Waals surface area (Å²) in [5.74, 6) is 2.37. The van der Waals surface area contributed by atoms with Crippen molar-refractivity contribution in [3.63, 3.8) is 0 Å². The van der Waals surface area contributed by atoms with Crippen molar-refractivity contribution < 1.29 is 4.74 Å². The van der Waals surface area contributed by atoms with Crippen LogP contribution in [0.2, 0.25) is 5.02 Å². The third kappa shape index (κ3) is 7.71. The molecular weight excluding hydrogens is 468 g/mol. The summed E-state index contributed by atoms with van der Waals surface area (Å²) in [6.07, 6.45) is 6.45. The summed E-state index contributed by atoms with van der Waals surface area (Å²) in [5.41, 5.74) is 3.46. The van der Waals surface area contributed by atoms with Crippen LogP contribution in [0, 0.1) is 12.8 Å². The van der Waals surface area contributed by atoms with Crippen molar-refractivity contribution in [3.05, 3.63) is 58.9 Å². The number of hydrogen-bond acceptors (Lipinski definition) is 4. The van der Waals surface area contributed by atoms with Crippen molar-refractivity contribution in [1.29, 1.82) is 0 Å². The lowest BCUT2D eigenvalue weighted by atomic mass is 10.0. The number of halogens is 1. The first-order valence-electron chi connectivity index (χ1n) is 13.3. The summed E-state index contributed by atoms with van der Waals surface area (Å²) in [6.45, 7) is 12.9. The lowest BCUT2D eigenvalue weighted by molar-refractivity contribution is 0.158. The van der Waals surface area contributed by atoms with Crippen LogP contribution in [0.4, 0.5) is 0 Å². The number of imidazole rings is 1. The van der Waals surface area contributed by atoms with E-state index in [0.717, 1.165) is 49.2 Å². The summed E-state index contributed by atoms with van der Waals surface area (Å²) >= 11 is 6.01. The van der Waals surface area contributed by atoms with Crippen molar-refractivity contribution in [3.8, 4) is 5.75 Å². The Hall–Kier alpha value is -2.08. The average Bonchev–Trinajstić information content (AvgIpc) is 3.22. The monoisotopic (exact) mass is 512 g/mol. The van der Waals surface area contributed by atoms with Gasteiger partial charge in [-0.15, -0.1) is 0 Å². The summed E-state index contributed by atoms with van der Waals surface area (Å²) < 4.78 is 8.39. The zero-order valence-corrected chi connectivity index (χ0v) is 22.4. The molecule has 2 atom stereocenters. The Morgan fingerprint density at radius 3 is 2.72 bits per heavy atom. The zero-order chi connectivity index (χ0) is 24.6. The molecule has 2 unspecified atom stereocenters. The van der Waals surface area contributed by atoms with E-state index in [1.165, 1.54) is 49.9 Å². The van der Waals surface area contributed by atoms with E-state index >= 15 is 0 Å². The molecule has 1 saturated heterocycles. The van der Waals surface area contributed by atoms with Crippen LogP contribution in [0.15, 0.2) is 42.5 Å². The Bertz CT molecular complexity index is 1060. The van der Waals surface area contributed by atoms with Gasteiger partial charge in [0, 0.05) is 17.6 Å². The fraction of sp³-hybridized carbons (Fsp3) is 0.567. The number of ether oxygens (including phenoxy) is 1. The summed E-state index contributed by atoms with van der Waals surface area (Å²) in [7, 11) is 0. The number of likely N-dealkylation sites (tertiary alicyclic amines) is 1. The van der Waals surface area contributed by atoms with Gasteiger partial charge >= 0.3 is 0 Å². The molecule has 36 heavy (non-hydrogen) atoms. The Balaban J connectivity index is 0.00000361. The molecule has 0 saturated carbocycles. The molecule has 198 valence electrons. The molecule has 2 heterocycles. The molecule has 4 rings (SSSR count). The van der Waals surface area contributed by atoms with Crippen molar-refractivity contribution in [2.24, 2.45) is 5.92 Å². The number of benzene rings is 2. The van der Waals surface area contributed by atoms with Gasteiger partial charge in [-0.2, -0.15) is 0 Å². The molecule has 1 fully saturated rings. The maximum Gasteiger partial charge on any atom is 0.148 e. The molecule has 2 aromatic carbocycles. The number of para-hydroxylation sites is 1. The quantitative estimate of drug-likeness (QED) is 0.263. The lowest BCUT2D eigenvalue weighted by Gasteiger charge is -2.33. The van der Waals surface area contributed by atoms with Gasteiger partial charge in [0.15, 0.2) is 0 Å². The van der Waals surface area contributed by atoms with Crippen molar-refractivity contribution in [2.75, 3.05) is 26.2 Å². The van der Waals surface area contributed by atoms with Gasteiger partial charge in [-0.25, -0.2) is 4.98 Å². The highest BCUT2D eigenvalue weighted by molar-refractivity contribution is 6.30. The Labute approximate surface area is 223 Å². The fourth-order valence-corrected chi connectivity index (χ4v) is 5.20. The van der Waals surface area contributed by atoms with E-state index in [-0.39, 0.29) is 7.43 Å².